The molecule has 3 aromatic carbocycles. The summed E-state index contributed by atoms with van der Waals surface area (Å²) in [4.78, 5) is 25.5. The van der Waals surface area contributed by atoms with E-state index >= 15 is 0 Å². The van der Waals surface area contributed by atoms with Crippen molar-refractivity contribution in [2.24, 2.45) is 0 Å². The third-order valence-electron chi connectivity index (χ3n) is 4.50. The Hall–Kier alpha value is -2.90. The van der Waals surface area contributed by atoms with Crippen LogP contribution in [0.1, 0.15) is 40.5 Å². The van der Waals surface area contributed by atoms with E-state index in [0.29, 0.717) is 34.9 Å². The van der Waals surface area contributed by atoms with Gasteiger partial charge in [-0.2, -0.15) is 0 Å². The lowest BCUT2D eigenvalue weighted by atomic mass is 10.1. The molecule has 0 heterocycles. The van der Waals surface area contributed by atoms with E-state index in [2.05, 4.69) is 33.5 Å². The third kappa shape index (κ3) is 6.31. The van der Waals surface area contributed by atoms with Crippen LogP contribution in [0, 0.1) is 5.82 Å². The highest BCUT2D eigenvalue weighted by molar-refractivity contribution is 9.10. The Bertz CT molecular complexity index is 1140. The maximum Gasteiger partial charge on any atom is 0.259 e. The zero-order valence-corrected chi connectivity index (χ0v) is 19.6. The second-order valence-electron chi connectivity index (χ2n) is 6.96. The molecule has 0 saturated carbocycles. The van der Waals surface area contributed by atoms with Crippen LogP contribution >= 0.6 is 27.5 Å². The number of hydrogen-bond donors (Lipinski definition) is 2. The normalized spacial score (nSPS) is 10.5. The van der Waals surface area contributed by atoms with Crippen LogP contribution in [-0.4, -0.2) is 18.4 Å². The SMILES string of the molecule is CCCCOc1ccc(Br)cc1C(=O)Nc1cccc(C(=O)Nc2ccc(F)c(Cl)c2)c1. The first-order valence-corrected chi connectivity index (χ1v) is 11.1. The van der Waals surface area contributed by atoms with Crippen LogP contribution in [-0.2, 0) is 0 Å². The minimum absolute atomic E-state index is 0.0882. The van der Waals surface area contributed by atoms with Crippen molar-refractivity contribution in [3.05, 3.63) is 87.1 Å². The molecular weight excluding hydrogens is 499 g/mol. The molecule has 0 spiro atoms. The van der Waals surface area contributed by atoms with Gasteiger partial charge in [0.15, 0.2) is 0 Å². The van der Waals surface area contributed by atoms with Crippen molar-refractivity contribution in [2.45, 2.75) is 19.8 Å². The van der Waals surface area contributed by atoms with Crippen LogP contribution in [0.4, 0.5) is 15.8 Å². The number of anilines is 2. The fourth-order valence-corrected chi connectivity index (χ4v) is 3.39. The highest BCUT2D eigenvalue weighted by atomic mass is 79.9. The Labute approximate surface area is 199 Å². The van der Waals surface area contributed by atoms with Crippen LogP contribution in [0.3, 0.4) is 0 Å². The molecule has 0 radical (unpaired) electrons. The summed E-state index contributed by atoms with van der Waals surface area (Å²) < 4.78 is 19.8. The number of ether oxygens (including phenoxy) is 1. The minimum atomic E-state index is -0.569. The van der Waals surface area contributed by atoms with Gasteiger partial charge in [-0.1, -0.05) is 46.9 Å². The van der Waals surface area contributed by atoms with Crippen molar-refractivity contribution >= 4 is 50.7 Å². The summed E-state index contributed by atoms with van der Waals surface area (Å²) in [6.45, 7) is 2.58. The molecule has 5 nitrogen and oxygen atoms in total. The van der Waals surface area contributed by atoms with E-state index in [1.54, 1.807) is 36.4 Å². The predicted octanol–water partition coefficient (Wildman–Crippen LogP) is 6.93. The van der Waals surface area contributed by atoms with Crippen molar-refractivity contribution in [2.75, 3.05) is 17.2 Å². The van der Waals surface area contributed by atoms with E-state index in [1.165, 1.54) is 18.2 Å². The van der Waals surface area contributed by atoms with Gasteiger partial charge in [0, 0.05) is 21.4 Å². The summed E-state index contributed by atoms with van der Waals surface area (Å²) in [6, 6.07) is 15.6. The lowest BCUT2D eigenvalue weighted by molar-refractivity contribution is 0.101. The summed E-state index contributed by atoms with van der Waals surface area (Å²) >= 11 is 9.14. The molecule has 0 fully saturated rings. The van der Waals surface area contributed by atoms with Gasteiger partial charge < -0.3 is 15.4 Å². The molecule has 2 amide bonds. The van der Waals surface area contributed by atoms with Crippen molar-refractivity contribution in [3.8, 4) is 5.75 Å². The number of rotatable bonds is 8. The Morgan fingerprint density at radius 1 is 1.00 bits per heavy atom. The molecule has 3 rings (SSSR count). The highest BCUT2D eigenvalue weighted by Gasteiger charge is 2.15. The average molecular weight is 520 g/mol. The zero-order valence-electron chi connectivity index (χ0n) is 17.3. The molecule has 0 aromatic heterocycles. The first-order valence-electron chi connectivity index (χ1n) is 9.97. The summed E-state index contributed by atoms with van der Waals surface area (Å²) in [5.41, 5.74) is 1.50. The average Bonchev–Trinajstić information content (AvgIpc) is 2.77. The fraction of sp³-hybridized carbons (Fsp3) is 0.167. The smallest absolute Gasteiger partial charge is 0.259 e. The quantitative estimate of drug-likeness (QED) is 0.317. The Morgan fingerprint density at radius 2 is 1.75 bits per heavy atom. The van der Waals surface area contributed by atoms with E-state index in [-0.39, 0.29) is 10.9 Å². The lowest BCUT2D eigenvalue weighted by Gasteiger charge is -2.13. The first kappa shape index (κ1) is 23.8. The largest absolute Gasteiger partial charge is 0.493 e. The van der Waals surface area contributed by atoms with Gasteiger partial charge in [0.05, 0.1) is 17.2 Å². The maximum absolute atomic E-state index is 13.3. The molecule has 0 aliphatic rings. The maximum atomic E-state index is 13.3. The van der Waals surface area contributed by atoms with Gasteiger partial charge in [0.2, 0.25) is 0 Å². The molecule has 0 atom stereocenters. The van der Waals surface area contributed by atoms with Crippen LogP contribution in [0.5, 0.6) is 5.75 Å². The molecule has 0 aliphatic carbocycles. The summed E-state index contributed by atoms with van der Waals surface area (Å²) in [5, 5.41) is 5.37. The molecule has 3 aromatic rings. The van der Waals surface area contributed by atoms with E-state index in [1.807, 2.05) is 6.07 Å². The van der Waals surface area contributed by atoms with E-state index in [4.69, 9.17) is 16.3 Å². The number of nitrogens with one attached hydrogen (secondary N) is 2. The molecule has 166 valence electrons. The third-order valence-corrected chi connectivity index (χ3v) is 5.28. The molecule has 8 heteroatoms. The number of benzene rings is 3. The van der Waals surface area contributed by atoms with E-state index in [9.17, 15) is 14.0 Å². The Kier molecular flexibility index (Phi) is 8.25. The zero-order chi connectivity index (χ0) is 23.1. The summed E-state index contributed by atoms with van der Waals surface area (Å²) in [5.74, 6) is -0.864. The molecule has 0 saturated heterocycles. The van der Waals surface area contributed by atoms with Crippen LogP contribution < -0.4 is 15.4 Å². The van der Waals surface area contributed by atoms with Crippen molar-refractivity contribution in [1.82, 2.24) is 0 Å². The minimum Gasteiger partial charge on any atom is -0.493 e. The molecule has 32 heavy (non-hydrogen) atoms. The van der Waals surface area contributed by atoms with Gasteiger partial charge in [-0.05, 0) is 61.0 Å². The second kappa shape index (κ2) is 11.1. The molecular formula is C24H21BrClFN2O3. The fourth-order valence-electron chi connectivity index (χ4n) is 2.85. The first-order chi connectivity index (χ1) is 15.4. The Morgan fingerprint density at radius 3 is 2.50 bits per heavy atom. The van der Waals surface area contributed by atoms with Crippen LogP contribution in [0.2, 0.25) is 5.02 Å². The van der Waals surface area contributed by atoms with Crippen molar-refractivity contribution < 1.29 is 18.7 Å². The summed E-state index contributed by atoms with van der Waals surface area (Å²) in [6.07, 6.45) is 1.87. The van der Waals surface area contributed by atoms with Crippen molar-refractivity contribution in [3.63, 3.8) is 0 Å². The molecule has 0 bridgehead atoms. The number of halogens is 3. The number of amides is 2. The number of hydrogen-bond acceptors (Lipinski definition) is 3. The van der Waals surface area contributed by atoms with Gasteiger partial charge in [-0.15, -0.1) is 0 Å². The highest BCUT2D eigenvalue weighted by Crippen LogP contribution is 2.25. The predicted molar refractivity (Wildman–Crippen MR) is 128 cm³/mol. The van der Waals surface area contributed by atoms with Gasteiger partial charge >= 0.3 is 0 Å². The van der Waals surface area contributed by atoms with Gasteiger partial charge in [0.1, 0.15) is 11.6 Å². The standard InChI is InChI=1S/C24H21BrClFN2O3/c1-2-3-11-32-22-10-7-16(25)13-19(22)24(31)29-17-6-4-5-15(12-17)23(30)28-18-8-9-21(27)20(26)14-18/h4-10,12-14H,2-3,11H2,1H3,(H,28,30)(H,29,31). The second-order valence-corrected chi connectivity index (χ2v) is 8.28. The number of unbranched alkanes of at least 4 members (excludes halogenated alkanes) is 1. The van der Waals surface area contributed by atoms with E-state index in [0.717, 1.165) is 17.3 Å². The molecule has 2 N–H and O–H groups in total. The molecule has 0 unspecified atom stereocenters. The molecule has 0 aliphatic heterocycles. The number of carbonyl (C=O) groups is 2. The van der Waals surface area contributed by atoms with Gasteiger partial charge in [0.25, 0.3) is 11.8 Å². The van der Waals surface area contributed by atoms with Crippen molar-refractivity contribution in [1.29, 1.82) is 0 Å². The number of carbonyl (C=O) groups excluding carboxylic acids is 2. The van der Waals surface area contributed by atoms with Crippen LogP contribution in [0.25, 0.3) is 0 Å². The monoisotopic (exact) mass is 518 g/mol. The van der Waals surface area contributed by atoms with Crippen LogP contribution in [0.15, 0.2) is 65.1 Å². The Balaban J connectivity index is 1.74. The topological polar surface area (TPSA) is 67.4 Å². The summed E-state index contributed by atoms with van der Waals surface area (Å²) in [7, 11) is 0. The lowest BCUT2D eigenvalue weighted by Crippen LogP contribution is -2.16. The van der Waals surface area contributed by atoms with Gasteiger partial charge in [-0.25, -0.2) is 4.39 Å². The van der Waals surface area contributed by atoms with Gasteiger partial charge in [-0.3, -0.25) is 9.59 Å². The van der Waals surface area contributed by atoms with E-state index < -0.39 is 11.7 Å².